The molecule has 0 amide bonds. The zero-order valence-corrected chi connectivity index (χ0v) is 14.0. The van der Waals surface area contributed by atoms with Crippen LogP contribution in [-0.2, 0) is 9.53 Å². The van der Waals surface area contributed by atoms with Crippen molar-refractivity contribution in [3.05, 3.63) is 46.0 Å². The van der Waals surface area contributed by atoms with Gasteiger partial charge in [-0.25, -0.2) is 4.79 Å². The average molecular weight is 288 g/mol. The van der Waals surface area contributed by atoms with Crippen molar-refractivity contribution in [3.8, 4) is 0 Å². The van der Waals surface area contributed by atoms with Gasteiger partial charge >= 0.3 is 5.97 Å². The predicted molar refractivity (Wildman–Crippen MR) is 84.5 cm³/mol. The molecule has 0 spiro atoms. The Balaban J connectivity index is 3.36. The van der Waals surface area contributed by atoms with Crippen LogP contribution in [-0.4, -0.2) is 18.9 Å². The van der Waals surface area contributed by atoms with Gasteiger partial charge in [-0.05, 0) is 43.4 Å². The second-order valence-electron chi connectivity index (χ2n) is 6.44. The normalized spacial score (nSPS) is 12.2. The van der Waals surface area contributed by atoms with Crippen LogP contribution in [0.4, 0.5) is 0 Å². The molecule has 0 bridgehead atoms. The lowest BCUT2D eigenvalue weighted by molar-refractivity contribution is -0.137. The fraction of sp³-hybridized carbons (Fsp3) is 0.444. The van der Waals surface area contributed by atoms with Gasteiger partial charge in [0.25, 0.3) is 0 Å². The molecule has 0 unspecified atom stereocenters. The van der Waals surface area contributed by atoms with E-state index >= 15 is 0 Å². The fourth-order valence-electron chi connectivity index (χ4n) is 2.46. The van der Waals surface area contributed by atoms with Crippen molar-refractivity contribution in [3.63, 3.8) is 0 Å². The van der Waals surface area contributed by atoms with Crippen LogP contribution in [0.25, 0.3) is 0 Å². The second-order valence-corrected chi connectivity index (χ2v) is 6.44. The van der Waals surface area contributed by atoms with Crippen LogP contribution < -0.4 is 0 Å². The van der Waals surface area contributed by atoms with Crippen molar-refractivity contribution < 1.29 is 14.3 Å². The van der Waals surface area contributed by atoms with Crippen molar-refractivity contribution >= 4 is 11.8 Å². The average Bonchev–Trinajstić information content (AvgIpc) is 2.32. The largest absolute Gasteiger partial charge is 0.466 e. The van der Waals surface area contributed by atoms with Crippen LogP contribution in [0.3, 0.4) is 0 Å². The molecule has 0 aromatic heterocycles. The van der Waals surface area contributed by atoms with E-state index in [1.165, 1.54) is 13.2 Å². The number of aryl methyl sites for hydroxylation is 3. The highest BCUT2D eigenvalue weighted by atomic mass is 16.5. The smallest absolute Gasteiger partial charge is 0.334 e. The highest BCUT2D eigenvalue weighted by molar-refractivity contribution is 6.10. The summed E-state index contributed by atoms with van der Waals surface area (Å²) >= 11 is 0. The van der Waals surface area contributed by atoms with Crippen LogP contribution in [0.15, 0.2) is 23.8 Å². The van der Waals surface area contributed by atoms with Crippen molar-refractivity contribution in [2.24, 2.45) is 5.41 Å². The first-order valence-electron chi connectivity index (χ1n) is 7.00. The standard InChI is InChI=1S/C18H24O3/c1-11-8-12(2)16(13(3)9-11)15(19)10-14(17(20)21-7)18(4,5)6/h8-10H,1-7H3/b14-10-. The molecule has 0 radical (unpaired) electrons. The van der Waals surface area contributed by atoms with Gasteiger partial charge in [0.1, 0.15) is 0 Å². The van der Waals surface area contributed by atoms with Crippen LogP contribution in [0.2, 0.25) is 0 Å². The third-order valence-electron chi connectivity index (χ3n) is 3.41. The number of allylic oxidation sites excluding steroid dienone is 1. The summed E-state index contributed by atoms with van der Waals surface area (Å²) in [7, 11) is 1.33. The summed E-state index contributed by atoms with van der Waals surface area (Å²) in [6.07, 6.45) is 1.41. The Morgan fingerprint density at radius 2 is 1.52 bits per heavy atom. The number of rotatable bonds is 3. The molecule has 0 heterocycles. The second kappa shape index (κ2) is 6.25. The molecule has 1 rings (SSSR count). The number of benzene rings is 1. The Hall–Kier alpha value is -1.90. The first-order chi connectivity index (χ1) is 9.57. The topological polar surface area (TPSA) is 43.4 Å². The molecule has 21 heavy (non-hydrogen) atoms. The fourth-order valence-corrected chi connectivity index (χ4v) is 2.46. The zero-order chi connectivity index (χ0) is 16.4. The van der Waals surface area contributed by atoms with Gasteiger partial charge in [-0.3, -0.25) is 4.79 Å². The Morgan fingerprint density at radius 1 is 1.05 bits per heavy atom. The quantitative estimate of drug-likeness (QED) is 0.480. The molecule has 3 heteroatoms. The third kappa shape index (κ3) is 4.03. The van der Waals surface area contributed by atoms with E-state index in [9.17, 15) is 9.59 Å². The molecular formula is C18H24O3. The van der Waals surface area contributed by atoms with Crippen molar-refractivity contribution in [2.45, 2.75) is 41.5 Å². The highest BCUT2D eigenvalue weighted by Crippen LogP contribution is 2.27. The Bertz CT molecular complexity index is 578. The Labute approximate surface area is 127 Å². The molecule has 114 valence electrons. The number of ketones is 1. The molecule has 0 aliphatic heterocycles. The Kier molecular flexibility index (Phi) is 5.10. The van der Waals surface area contributed by atoms with Crippen LogP contribution in [0, 0.1) is 26.2 Å². The van der Waals surface area contributed by atoms with E-state index in [1.807, 2.05) is 53.7 Å². The summed E-state index contributed by atoms with van der Waals surface area (Å²) in [4.78, 5) is 24.5. The van der Waals surface area contributed by atoms with Gasteiger partial charge in [-0.2, -0.15) is 0 Å². The van der Waals surface area contributed by atoms with Gasteiger partial charge in [0, 0.05) is 11.1 Å². The van der Waals surface area contributed by atoms with Crippen LogP contribution >= 0.6 is 0 Å². The lowest BCUT2D eigenvalue weighted by atomic mass is 9.84. The monoisotopic (exact) mass is 288 g/mol. The first-order valence-corrected chi connectivity index (χ1v) is 7.00. The van der Waals surface area contributed by atoms with E-state index in [-0.39, 0.29) is 5.78 Å². The molecule has 0 aliphatic rings. The van der Waals surface area contributed by atoms with E-state index in [0.717, 1.165) is 16.7 Å². The number of methoxy groups -OCH3 is 1. The number of carbonyl (C=O) groups is 2. The third-order valence-corrected chi connectivity index (χ3v) is 3.41. The summed E-state index contributed by atoms with van der Waals surface area (Å²) in [6, 6.07) is 3.95. The molecule has 1 aromatic rings. The van der Waals surface area contributed by atoms with E-state index in [1.54, 1.807) is 0 Å². The van der Waals surface area contributed by atoms with E-state index < -0.39 is 11.4 Å². The number of carbonyl (C=O) groups excluding carboxylic acids is 2. The summed E-state index contributed by atoms with van der Waals surface area (Å²) in [6.45, 7) is 11.5. The number of hydrogen-bond acceptors (Lipinski definition) is 3. The van der Waals surface area contributed by atoms with Gasteiger partial charge in [0.15, 0.2) is 5.78 Å². The zero-order valence-electron chi connectivity index (χ0n) is 14.0. The van der Waals surface area contributed by atoms with Crippen molar-refractivity contribution in [1.82, 2.24) is 0 Å². The Morgan fingerprint density at radius 3 is 1.90 bits per heavy atom. The maximum Gasteiger partial charge on any atom is 0.334 e. The molecule has 0 atom stereocenters. The summed E-state index contributed by atoms with van der Waals surface area (Å²) in [5.41, 5.74) is 3.56. The van der Waals surface area contributed by atoms with E-state index in [2.05, 4.69) is 0 Å². The summed E-state index contributed by atoms with van der Waals surface area (Å²) < 4.78 is 4.80. The minimum Gasteiger partial charge on any atom is -0.466 e. The van der Waals surface area contributed by atoms with Crippen molar-refractivity contribution in [2.75, 3.05) is 7.11 Å². The lowest BCUT2D eigenvalue weighted by Gasteiger charge is -2.21. The van der Waals surface area contributed by atoms with Crippen LogP contribution in [0.5, 0.6) is 0 Å². The maximum absolute atomic E-state index is 12.6. The summed E-state index contributed by atoms with van der Waals surface area (Å²) in [5.74, 6) is -0.612. The predicted octanol–water partition coefficient (Wildman–Crippen LogP) is 3.94. The van der Waals surface area contributed by atoms with Gasteiger partial charge in [-0.15, -0.1) is 0 Å². The van der Waals surface area contributed by atoms with Gasteiger partial charge in [0.2, 0.25) is 0 Å². The molecule has 3 nitrogen and oxygen atoms in total. The SMILES string of the molecule is COC(=O)/C(=C/C(=O)c1c(C)cc(C)cc1C)C(C)(C)C. The first kappa shape index (κ1) is 17.2. The molecule has 0 N–H and O–H groups in total. The van der Waals surface area contributed by atoms with Crippen molar-refractivity contribution in [1.29, 1.82) is 0 Å². The number of hydrogen-bond donors (Lipinski definition) is 0. The van der Waals surface area contributed by atoms with Gasteiger partial charge in [-0.1, -0.05) is 38.5 Å². The van der Waals surface area contributed by atoms with Gasteiger partial charge < -0.3 is 4.74 Å². The molecule has 0 saturated heterocycles. The maximum atomic E-state index is 12.6. The van der Waals surface area contributed by atoms with Gasteiger partial charge in [0.05, 0.1) is 7.11 Å². The number of esters is 1. The van der Waals surface area contributed by atoms with E-state index in [4.69, 9.17) is 4.74 Å². The molecule has 1 aromatic carbocycles. The van der Waals surface area contributed by atoms with E-state index in [0.29, 0.717) is 11.1 Å². The minimum atomic E-state index is -0.460. The minimum absolute atomic E-state index is 0.152. The lowest BCUT2D eigenvalue weighted by Crippen LogP contribution is -2.21. The molecular weight excluding hydrogens is 264 g/mol. The number of ether oxygens (including phenoxy) is 1. The molecule has 0 fully saturated rings. The van der Waals surface area contributed by atoms with Crippen LogP contribution in [0.1, 0.15) is 47.8 Å². The highest BCUT2D eigenvalue weighted by Gasteiger charge is 2.26. The molecule has 0 aliphatic carbocycles. The molecule has 0 saturated carbocycles. The summed E-state index contributed by atoms with van der Waals surface area (Å²) in [5, 5.41) is 0.